The molecule has 2 amide bonds. The molecule has 0 fully saturated rings. The first kappa shape index (κ1) is 16.7. The normalized spacial score (nSPS) is 10.6. The molecule has 1 aromatic heterocycles. The van der Waals surface area contributed by atoms with E-state index >= 15 is 0 Å². The summed E-state index contributed by atoms with van der Waals surface area (Å²) in [4.78, 5) is 30.1. The van der Waals surface area contributed by atoms with Crippen molar-refractivity contribution < 1.29 is 9.59 Å². The van der Waals surface area contributed by atoms with Crippen LogP contribution in [0.15, 0.2) is 54.6 Å². The summed E-state index contributed by atoms with van der Waals surface area (Å²) in [5.41, 5.74) is 2.51. The second-order valence-corrected chi connectivity index (χ2v) is 5.80. The maximum absolute atomic E-state index is 12.7. The number of carbonyl (C=O) groups is 2. The van der Waals surface area contributed by atoms with Crippen molar-refractivity contribution in [2.45, 2.75) is 20.0 Å². The second-order valence-electron chi connectivity index (χ2n) is 5.80. The minimum absolute atomic E-state index is 0.0570. The Bertz CT molecular complexity index is 902. The minimum Gasteiger partial charge on any atom is -0.349 e. The summed E-state index contributed by atoms with van der Waals surface area (Å²) in [7, 11) is 1.75. The Morgan fingerprint density at radius 1 is 1.08 bits per heavy atom. The number of hydrogen-bond acceptors (Lipinski definition) is 3. The molecule has 1 N–H and O–H groups in total. The highest BCUT2D eigenvalue weighted by Gasteiger charge is 2.17. The first-order valence-electron chi connectivity index (χ1n) is 8.06. The molecule has 0 atom stereocenters. The van der Waals surface area contributed by atoms with Gasteiger partial charge in [-0.3, -0.25) is 9.59 Å². The number of likely N-dealkylation sites (N-methyl/N-ethyl adjacent to an activating group) is 1. The number of amides is 2. The molecule has 0 aliphatic rings. The van der Waals surface area contributed by atoms with Crippen molar-refractivity contribution in [1.82, 2.24) is 14.9 Å². The summed E-state index contributed by atoms with van der Waals surface area (Å²) in [6.07, 6.45) is 0. The molecular weight excluding hydrogens is 316 g/mol. The van der Waals surface area contributed by atoms with E-state index in [1.165, 1.54) is 6.92 Å². The van der Waals surface area contributed by atoms with Gasteiger partial charge in [-0.2, -0.15) is 0 Å². The summed E-state index contributed by atoms with van der Waals surface area (Å²) in [6.45, 7) is 1.90. The molecule has 6 nitrogen and oxygen atoms in total. The van der Waals surface area contributed by atoms with Crippen LogP contribution in [0.3, 0.4) is 0 Å². The van der Waals surface area contributed by atoms with Gasteiger partial charge in [0.1, 0.15) is 12.4 Å². The van der Waals surface area contributed by atoms with Gasteiger partial charge in [0, 0.05) is 19.7 Å². The lowest BCUT2D eigenvalue weighted by atomic mass is 10.3. The van der Waals surface area contributed by atoms with Crippen molar-refractivity contribution in [2.24, 2.45) is 0 Å². The second kappa shape index (κ2) is 7.17. The van der Waals surface area contributed by atoms with E-state index in [9.17, 15) is 9.59 Å². The number of aromatic nitrogens is 2. The van der Waals surface area contributed by atoms with Gasteiger partial charge in [-0.15, -0.1) is 0 Å². The van der Waals surface area contributed by atoms with Crippen LogP contribution in [0.25, 0.3) is 11.0 Å². The predicted molar refractivity (Wildman–Crippen MR) is 97.1 cm³/mol. The molecule has 0 bridgehead atoms. The molecule has 0 saturated carbocycles. The maximum Gasteiger partial charge on any atom is 0.246 e. The molecule has 25 heavy (non-hydrogen) atoms. The van der Waals surface area contributed by atoms with E-state index in [-0.39, 0.29) is 24.9 Å². The molecule has 0 radical (unpaired) electrons. The average Bonchev–Trinajstić information content (AvgIpc) is 2.97. The van der Waals surface area contributed by atoms with Gasteiger partial charge in [0.2, 0.25) is 11.8 Å². The van der Waals surface area contributed by atoms with Crippen LogP contribution in [-0.4, -0.2) is 28.4 Å². The van der Waals surface area contributed by atoms with Crippen molar-refractivity contribution in [3.05, 3.63) is 60.4 Å². The highest BCUT2D eigenvalue weighted by Crippen LogP contribution is 2.18. The van der Waals surface area contributed by atoms with E-state index in [4.69, 9.17) is 0 Å². The molecular formula is C19H20N4O2. The predicted octanol–water partition coefficient (Wildman–Crippen LogP) is 2.34. The number of nitrogens with zero attached hydrogens (tertiary/aromatic N) is 3. The van der Waals surface area contributed by atoms with E-state index in [2.05, 4.69) is 10.3 Å². The van der Waals surface area contributed by atoms with Gasteiger partial charge in [-0.1, -0.05) is 30.3 Å². The third-order valence-electron chi connectivity index (χ3n) is 4.04. The van der Waals surface area contributed by atoms with E-state index < -0.39 is 0 Å². The molecule has 0 aliphatic heterocycles. The molecule has 1 heterocycles. The van der Waals surface area contributed by atoms with Crippen LogP contribution in [0, 0.1) is 0 Å². The summed E-state index contributed by atoms with van der Waals surface area (Å²) in [5, 5.41) is 2.75. The molecule has 6 heteroatoms. The fraction of sp³-hybridized carbons (Fsp3) is 0.211. The van der Waals surface area contributed by atoms with Crippen LogP contribution < -0.4 is 10.2 Å². The maximum atomic E-state index is 12.7. The summed E-state index contributed by atoms with van der Waals surface area (Å²) < 4.78 is 1.85. The van der Waals surface area contributed by atoms with Gasteiger partial charge < -0.3 is 14.8 Å². The fourth-order valence-electron chi connectivity index (χ4n) is 2.68. The molecule has 3 rings (SSSR count). The Kier molecular flexibility index (Phi) is 4.79. The lowest BCUT2D eigenvalue weighted by Crippen LogP contribution is -2.31. The number of fused-ring (bicyclic) bond motifs is 1. The Balaban J connectivity index is 1.90. The third kappa shape index (κ3) is 3.68. The topological polar surface area (TPSA) is 67.2 Å². The van der Waals surface area contributed by atoms with E-state index in [0.29, 0.717) is 5.82 Å². The summed E-state index contributed by atoms with van der Waals surface area (Å²) >= 11 is 0. The average molecular weight is 336 g/mol. The van der Waals surface area contributed by atoms with Crippen molar-refractivity contribution >= 4 is 28.5 Å². The van der Waals surface area contributed by atoms with Gasteiger partial charge >= 0.3 is 0 Å². The van der Waals surface area contributed by atoms with Crippen LogP contribution in [0.2, 0.25) is 0 Å². The third-order valence-corrected chi connectivity index (χ3v) is 4.04. The Morgan fingerprint density at radius 3 is 2.48 bits per heavy atom. The Hall–Kier alpha value is -3.15. The Labute approximate surface area is 146 Å². The Morgan fingerprint density at radius 2 is 1.76 bits per heavy atom. The van der Waals surface area contributed by atoms with Crippen molar-refractivity contribution in [1.29, 1.82) is 0 Å². The van der Waals surface area contributed by atoms with Crippen molar-refractivity contribution in [3.63, 3.8) is 0 Å². The number of imidazole rings is 1. The highest BCUT2D eigenvalue weighted by atomic mass is 16.2. The molecule has 0 unspecified atom stereocenters. The minimum atomic E-state index is -0.133. The van der Waals surface area contributed by atoms with E-state index in [1.54, 1.807) is 11.9 Å². The molecule has 128 valence electrons. The molecule has 3 aromatic rings. The van der Waals surface area contributed by atoms with Crippen molar-refractivity contribution in [3.8, 4) is 0 Å². The number of carbonyl (C=O) groups excluding carboxylic acids is 2. The van der Waals surface area contributed by atoms with Gasteiger partial charge in [-0.05, 0) is 24.3 Å². The number of para-hydroxylation sites is 3. The van der Waals surface area contributed by atoms with Gasteiger partial charge in [0.15, 0.2) is 0 Å². The molecule has 2 aromatic carbocycles. The highest BCUT2D eigenvalue weighted by molar-refractivity contribution is 5.93. The first-order chi connectivity index (χ1) is 12.1. The van der Waals surface area contributed by atoms with Crippen LogP contribution in [0.5, 0.6) is 0 Å². The zero-order valence-electron chi connectivity index (χ0n) is 14.3. The van der Waals surface area contributed by atoms with Gasteiger partial charge in [-0.25, -0.2) is 4.98 Å². The summed E-state index contributed by atoms with van der Waals surface area (Å²) in [5.74, 6) is 0.468. The number of nitrogens with one attached hydrogen (secondary N) is 1. The van der Waals surface area contributed by atoms with E-state index in [0.717, 1.165) is 16.7 Å². The fourth-order valence-corrected chi connectivity index (χ4v) is 2.68. The van der Waals surface area contributed by atoms with Crippen LogP contribution in [0.4, 0.5) is 5.69 Å². The summed E-state index contributed by atoms with van der Waals surface area (Å²) in [6, 6.07) is 17.1. The number of rotatable bonds is 5. The van der Waals surface area contributed by atoms with Crippen LogP contribution >= 0.6 is 0 Å². The lowest BCUT2D eigenvalue weighted by Gasteiger charge is -2.18. The smallest absolute Gasteiger partial charge is 0.246 e. The van der Waals surface area contributed by atoms with Gasteiger partial charge in [0.05, 0.1) is 17.6 Å². The largest absolute Gasteiger partial charge is 0.349 e. The number of anilines is 1. The van der Waals surface area contributed by atoms with E-state index in [1.807, 2.05) is 59.2 Å². The standard InChI is InChI=1S/C19H20N4O2/c1-14(24)20-12-18-21-16-10-6-7-11-17(16)23(18)13-19(25)22(2)15-8-4-3-5-9-15/h3-11H,12-13H2,1-2H3,(H,20,24). The van der Waals surface area contributed by atoms with Crippen LogP contribution in [0.1, 0.15) is 12.7 Å². The van der Waals surface area contributed by atoms with Crippen LogP contribution in [-0.2, 0) is 22.7 Å². The monoisotopic (exact) mass is 336 g/mol. The zero-order chi connectivity index (χ0) is 17.8. The molecule has 0 aliphatic carbocycles. The number of benzene rings is 2. The quantitative estimate of drug-likeness (QED) is 0.778. The lowest BCUT2D eigenvalue weighted by molar-refractivity contribution is -0.119. The van der Waals surface area contributed by atoms with Crippen molar-refractivity contribution in [2.75, 3.05) is 11.9 Å². The number of hydrogen-bond donors (Lipinski definition) is 1. The zero-order valence-corrected chi connectivity index (χ0v) is 14.3. The first-order valence-corrected chi connectivity index (χ1v) is 8.06. The van der Waals surface area contributed by atoms with Gasteiger partial charge in [0.25, 0.3) is 0 Å². The molecule has 0 saturated heterocycles. The SMILES string of the molecule is CC(=O)NCc1nc2ccccc2n1CC(=O)N(C)c1ccccc1. The molecule has 0 spiro atoms.